The Morgan fingerprint density at radius 3 is 2.64 bits per heavy atom. The number of ether oxygens (including phenoxy) is 1. The third kappa shape index (κ3) is 4.66. The van der Waals surface area contributed by atoms with Crippen molar-refractivity contribution in [3.05, 3.63) is 45.8 Å². The average molecular weight is 318 g/mol. The standard InChI is InChI=1S/C16H18N2O3S/c1-11-3-6-14(22-11)13(19)5-7-15(20)17-9-12-4-8-16(21-2)18-10-12/h3-4,6,8,10H,5,7,9H2,1-2H3,(H,17,20). The third-order valence-electron chi connectivity index (χ3n) is 3.09. The quantitative estimate of drug-likeness (QED) is 0.797. The molecule has 0 spiro atoms. The van der Waals surface area contributed by atoms with Crippen LogP contribution in [-0.4, -0.2) is 23.8 Å². The summed E-state index contributed by atoms with van der Waals surface area (Å²) < 4.78 is 4.97. The van der Waals surface area contributed by atoms with Crippen molar-refractivity contribution in [1.29, 1.82) is 0 Å². The van der Waals surface area contributed by atoms with Gasteiger partial charge in [-0.3, -0.25) is 9.59 Å². The predicted molar refractivity (Wildman–Crippen MR) is 85.3 cm³/mol. The lowest BCUT2D eigenvalue weighted by atomic mass is 10.2. The van der Waals surface area contributed by atoms with Gasteiger partial charge in [0.05, 0.1) is 12.0 Å². The first-order valence-corrected chi connectivity index (χ1v) is 7.75. The number of aryl methyl sites for hydroxylation is 1. The second-order valence-corrected chi connectivity index (χ2v) is 6.11. The molecule has 2 heterocycles. The van der Waals surface area contributed by atoms with E-state index in [2.05, 4.69) is 10.3 Å². The van der Waals surface area contributed by atoms with Crippen molar-refractivity contribution in [3.63, 3.8) is 0 Å². The van der Waals surface area contributed by atoms with Gasteiger partial charge < -0.3 is 10.1 Å². The van der Waals surface area contributed by atoms with Crippen LogP contribution in [0.15, 0.2) is 30.5 Å². The van der Waals surface area contributed by atoms with Crippen LogP contribution in [-0.2, 0) is 11.3 Å². The SMILES string of the molecule is COc1ccc(CNC(=O)CCC(=O)c2ccc(C)s2)cn1. The van der Waals surface area contributed by atoms with Crippen LogP contribution in [0.3, 0.4) is 0 Å². The van der Waals surface area contributed by atoms with Crippen LogP contribution in [0, 0.1) is 6.92 Å². The molecule has 0 aliphatic rings. The fraction of sp³-hybridized carbons (Fsp3) is 0.312. The maximum absolute atomic E-state index is 11.9. The first-order valence-electron chi connectivity index (χ1n) is 6.93. The number of amides is 1. The van der Waals surface area contributed by atoms with Crippen molar-refractivity contribution < 1.29 is 14.3 Å². The molecule has 0 saturated carbocycles. The molecule has 0 bridgehead atoms. The Hall–Kier alpha value is -2.21. The molecule has 0 aliphatic heterocycles. The Morgan fingerprint density at radius 2 is 2.05 bits per heavy atom. The topological polar surface area (TPSA) is 68.3 Å². The van der Waals surface area contributed by atoms with Gasteiger partial charge >= 0.3 is 0 Å². The first-order chi connectivity index (χ1) is 10.6. The van der Waals surface area contributed by atoms with Gasteiger partial charge in [-0.05, 0) is 24.6 Å². The van der Waals surface area contributed by atoms with Gasteiger partial charge in [0.25, 0.3) is 0 Å². The van der Waals surface area contributed by atoms with Gasteiger partial charge in [-0.2, -0.15) is 0 Å². The number of carbonyl (C=O) groups excluding carboxylic acids is 2. The molecule has 2 aromatic heterocycles. The van der Waals surface area contributed by atoms with E-state index >= 15 is 0 Å². The number of methoxy groups -OCH3 is 1. The Kier molecular flexibility index (Phi) is 5.66. The lowest BCUT2D eigenvalue weighted by Gasteiger charge is -2.05. The summed E-state index contributed by atoms with van der Waals surface area (Å²) in [4.78, 5) is 29.6. The molecule has 5 nitrogen and oxygen atoms in total. The number of nitrogens with zero attached hydrogens (tertiary/aromatic N) is 1. The monoisotopic (exact) mass is 318 g/mol. The van der Waals surface area contributed by atoms with Crippen molar-refractivity contribution >= 4 is 23.0 Å². The largest absolute Gasteiger partial charge is 0.481 e. The zero-order chi connectivity index (χ0) is 15.9. The van der Waals surface area contributed by atoms with Crippen LogP contribution in [0.1, 0.15) is 33.0 Å². The summed E-state index contributed by atoms with van der Waals surface area (Å²) in [7, 11) is 1.55. The molecular formula is C16H18N2O3S. The number of nitrogens with one attached hydrogen (secondary N) is 1. The molecule has 116 valence electrons. The van der Waals surface area contributed by atoms with Crippen LogP contribution in [0.5, 0.6) is 5.88 Å². The lowest BCUT2D eigenvalue weighted by molar-refractivity contribution is -0.121. The Balaban J connectivity index is 1.74. The molecule has 0 atom stereocenters. The number of pyridine rings is 1. The summed E-state index contributed by atoms with van der Waals surface area (Å²) in [6.07, 6.45) is 2.07. The van der Waals surface area contributed by atoms with Crippen LogP contribution < -0.4 is 10.1 Å². The Bertz CT molecular complexity index is 650. The van der Waals surface area contributed by atoms with Crippen LogP contribution >= 0.6 is 11.3 Å². The number of aromatic nitrogens is 1. The Labute approximate surface area is 133 Å². The van der Waals surface area contributed by atoms with E-state index in [9.17, 15) is 9.59 Å². The highest BCUT2D eigenvalue weighted by molar-refractivity contribution is 7.14. The van der Waals surface area contributed by atoms with Crippen molar-refractivity contribution in [3.8, 4) is 5.88 Å². The third-order valence-corrected chi connectivity index (χ3v) is 4.13. The highest BCUT2D eigenvalue weighted by Gasteiger charge is 2.11. The van der Waals surface area contributed by atoms with Crippen molar-refractivity contribution in [1.82, 2.24) is 10.3 Å². The molecule has 0 aliphatic carbocycles. The number of carbonyl (C=O) groups is 2. The van der Waals surface area contributed by atoms with E-state index in [1.54, 1.807) is 19.4 Å². The molecule has 6 heteroatoms. The minimum Gasteiger partial charge on any atom is -0.481 e. The van der Waals surface area contributed by atoms with E-state index in [0.29, 0.717) is 17.3 Å². The van der Waals surface area contributed by atoms with Gasteiger partial charge in [0, 0.05) is 36.5 Å². The highest BCUT2D eigenvalue weighted by Crippen LogP contribution is 2.17. The van der Waals surface area contributed by atoms with Gasteiger partial charge in [0.15, 0.2) is 5.78 Å². The Morgan fingerprint density at radius 1 is 1.23 bits per heavy atom. The molecule has 0 radical (unpaired) electrons. The van der Waals surface area contributed by atoms with Crippen molar-refractivity contribution in [2.24, 2.45) is 0 Å². The van der Waals surface area contributed by atoms with E-state index in [4.69, 9.17) is 4.74 Å². The van der Waals surface area contributed by atoms with Gasteiger partial charge in [-0.1, -0.05) is 6.07 Å². The summed E-state index contributed by atoms with van der Waals surface area (Å²) in [5.74, 6) is 0.406. The van der Waals surface area contributed by atoms with E-state index in [-0.39, 0.29) is 24.5 Å². The number of rotatable bonds is 7. The summed E-state index contributed by atoms with van der Waals surface area (Å²) in [5, 5.41) is 2.78. The number of ketones is 1. The van der Waals surface area contributed by atoms with Gasteiger partial charge in [-0.25, -0.2) is 4.98 Å². The molecule has 0 aromatic carbocycles. The smallest absolute Gasteiger partial charge is 0.220 e. The lowest BCUT2D eigenvalue weighted by Crippen LogP contribution is -2.23. The van der Waals surface area contributed by atoms with Crippen molar-refractivity contribution in [2.75, 3.05) is 7.11 Å². The molecular weight excluding hydrogens is 300 g/mol. The summed E-state index contributed by atoms with van der Waals surface area (Å²) in [6.45, 7) is 2.35. The maximum Gasteiger partial charge on any atom is 0.220 e. The van der Waals surface area contributed by atoms with Gasteiger partial charge in [-0.15, -0.1) is 11.3 Å². The summed E-state index contributed by atoms with van der Waals surface area (Å²) in [6, 6.07) is 7.30. The number of hydrogen-bond acceptors (Lipinski definition) is 5. The van der Waals surface area contributed by atoms with Crippen molar-refractivity contribution in [2.45, 2.75) is 26.3 Å². The minimum atomic E-state index is -0.141. The summed E-state index contributed by atoms with van der Waals surface area (Å²) >= 11 is 1.46. The molecule has 1 N–H and O–H groups in total. The van der Waals surface area contributed by atoms with E-state index < -0.39 is 0 Å². The van der Waals surface area contributed by atoms with Crippen LogP contribution in [0.2, 0.25) is 0 Å². The summed E-state index contributed by atoms with van der Waals surface area (Å²) in [5.41, 5.74) is 0.884. The predicted octanol–water partition coefficient (Wildman–Crippen LogP) is 2.74. The van der Waals surface area contributed by atoms with Gasteiger partial charge in [0.2, 0.25) is 11.8 Å². The number of hydrogen-bond donors (Lipinski definition) is 1. The average Bonchev–Trinajstić information content (AvgIpc) is 2.97. The maximum atomic E-state index is 11.9. The normalized spacial score (nSPS) is 10.3. The second-order valence-electron chi connectivity index (χ2n) is 4.82. The second kappa shape index (κ2) is 7.70. The van der Waals surface area contributed by atoms with E-state index in [1.807, 2.05) is 25.1 Å². The number of Topliss-reactive ketones (excluding diaryl/α,β-unsaturated/α-hetero) is 1. The zero-order valence-corrected chi connectivity index (χ0v) is 13.4. The van der Waals surface area contributed by atoms with E-state index in [0.717, 1.165) is 10.4 Å². The molecule has 1 amide bonds. The molecule has 2 rings (SSSR count). The highest BCUT2D eigenvalue weighted by atomic mass is 32.1. The fourth-order valence-corrected chi connectivity index (χ4v) is 2.69. The first kappa shape index (κ1) is 16.2. The fourth-order valence-electron chi connectivity index (χ4n) is 1.86. The number of thiophene rings is 1. The molecule has 2 aromatic rings. The van der Waals surface area contributed by atoms with Gasteiger partial charge in [0.1, 0.15) is 0 Å². The molecule has 0 saturated heterocycles. The van der Waals surface area contributed by atoms with Crippen LogP contribution in [0.25, 0.3) is 0 Å². The molecule has 0 unspecified atom stereocenters. The van der Waals surface area contributed by atoms with E-state index in [1.165, 1.54) is 11.3 Å². The molecule has 0 fully saturated rings. The molecule has 22 heavy (non-hydrogen) atoms. The van der Waals surface area contributed by atoms with Crippen LogP contribution in [0.4, 0.5) is 0 Å². The minimum absolute atomic E-state index is 0.0133. The zero-order valence-electron chi connectivity index (χ0n) is 12.6.